The van der Waals surface area contributed by atoms with E-state index < -0.39 is 46.5 Å². The molecule has 0 radical (unpaired) electrons. The molecule has 0 bridgehead atoms. The summed E-state index contributed by atoms with van der Waals surface area (Å²) in [5.74, 6) is -6.42. The summed E-state index contributed by atoms with van der Waals surface area (Å²) < 4.78 is 21.0. The summed E-state index contributed by atoms with van der Waals surface area (Å²) in [4.78, 5) is 51.9. The molecule has 8 nitrogen and oxygen atoms in total. The van der Waals surface area contributed by atoms with Crippen molar-refractivity contribution >= 4 is 93.5 Å². The van der Waals surface area contributed by atoms with Crippen molar-refractivity contribution in [2.45, 2.75) is 92.9 Å². The highest BCUT2D eigenvalue weighted by Crippen LogP contribution is 2.42. The second kappa shape index (κ2) is 18.9. The van der Waals surface area contributed by atoms with Crippen molar-refractivity contribution in [3.05, 3.63) is 53.4 Å². The van der Waals surface area contributed by atoms with E-state index in [1.54, 1.807) is 0 Å². The predicted molar refractivity (Wildman–Crippen MR) is 191 cm³/mol. The minimum atomic E-state index is -1.65. The summed E-state index contributed by atoms with van der Waals surface area (Å²) >= 11 is 37.3. The number of esters is 4. The SMILES string of the molecule is CC(C)(C)CCCCCOC(=O)c1c(Cl)c(Cl)cc(Cl)c1OC(=O)C(=O)Oc1c(Cl)cc(Cl)c(Cl)c1C(=O)OCCCCCC(C)(C)C. The van der Waals surface area contributed by atoms with Crippen LogP contribution < -0.4 is 9.47 Å². The molecule has 0 aliphatic carbocycles. The van der Waals surface area contributed by atoms with Gasteiger partial charge in [-0.3, -0.25) is 0 Å². The average Bonchev–Trinajstić information content (AvgIpc) is 2.96. The highest BCUT2D eigenvalue weighted by Gasteiger charge is 2.32. The van der Waals surface area contributed by atoms with E-state index in [9.17, 15) is 19.2 Å². The van der Waals surface area contributed by atoms with E-state index in [2.05, 4.69) is 41.5 Å². The van der Waals surface area contributed by atoms with E-state index in [1.165, 1.54) is 0 Å². The van der Waals surface area contributed by atoms with Gasteiger partial charge >= 0.3 is 23.9 Å². The van der Waals surface area contributed by atoms with Crippen molar-refractivity contribution in [1.29, 1.82) is 0 Å². The van der Waals surface area contributed by atoms with Crippen LogP contribution in [-0.2, 0) is 19.1 Å². The molecule has 2 aromatic carbocycles. The quantitative estimate of drug-likeness (QED) is 0.0612. The van der Waals surface area contributed by atoms with Gasteiger partial charge in [-0.1, -0.05) is 137 Å². The minimum Gasteiger partial charge on any atom is -0.462 e. The van der Waals surface area contributed by atoms with Gasteiger partial charge in [-0.2, -0.15) is 0 Å². The van der Waals surface area contributed by atoms with Crippen LogP contribution in [0.25, 0.3) is 0 Å². The third-order valence-electron chi connectivity index (χ3n) is 6.83. The van der Waals surface area contributed by atoms with Crippen molar-refractivity contribution in [3.8, 4) is 11.5 Å². The van der Waals surface area contributed by atoms with Gasteiger partial charge < -0.3 is 18.9 Å². The Balaban J connectivity index is 2.19. The highest BCUT2D eigenvalue weighted by molar-refractivity contribution is 6.47. The molecule has 0 amide bonds. The monoisotopic (exact) mass is 786 g/mol. The first-order chi connectivity index (χ1) is 22.2. The van der Waals surface area contributed by atoms with Crippen molar-refractivity contribution in [2.24, 2.45) is 10.8 Å². The van der Waals surface area contributed by atoms with Crippen LogP contribution in [0.3, 0.4) is 0 Å². The summed E-state index contributed by atoms with van der Waals surface area (Å²) in [6.07, 6.45) is 6.65. The summed E-state index contributed by atoms with van der Waals surface area (Å²) in [6.45, 7) is 12.9. The van der Waals surface area contributed by atoms with E-state index in [0.29, 0.717) is 12.8 Å². The van der Waals surface area contributed by atoms with Gasteiger partial charge in [0.15, 0.2) is 11.5 Å². The minimum absolute atomic E-state index is 0.0461. The Morgan fingerprint density at radius 3 is 1.17 bits per heavy atom. The fraction of sp³-hybridized carbons (Fsp3) is 0.529. The first kappa shape index (κ1) is 42.2. The molecular weight excluding hydrogens is 749 g/mol. The van der Waals surface area contributed by atoms with E-state index in [-0.39, 0.29) is 54.2 Å². The van der Waals surface area contributed by atoms with Gasteiger partial charge in [0.05, 0.1) is 43.3 Å². The smallest absolute Gasteiger partial charge is 0.423 e. The number of unbranched alkanes of at least 4 members (excludes halogenated alkanes) is 4. The number of ether oxygens (including phenoxy) is 4. The van der Waals surface area contributed by atoms with Gasteiger partial charge in [0.25, 0.3) is 0 Å². The van der Waals surface area contributed by atoms with Gasteiger partial charge in [-0.15, -0.1) is 0 Å². The number of hydrogen-bond acceptors (Lipinski definition) is 8. The second-order valence-corrected chi connectivity index (χ2v) is 15.9. The van der Waals surface area contributed by atoms with Gasteiger partial charge in [-0.25, -0.2) is 19.2 Å². The maximum absolute atomic E-state index is 13.0. The molecule has 2 rings (SSSR count). The Hall–Kier alpha value is -1.94. The molecule has 0 heterocycles. The average molecular weight is 789 g/mol. The number of benzene rings is 2. The fourth-order valence-corrected chi connectivity index (χ4v) is 5.77. The van der Waals surface area contributed by atoms with Crippen LogP contribution in [0.4, 0.5) is 0 Å². The second-order valence-electron chi connectivity index (χ2n) is 13.5. The lowest BCUT2D eigenvalue weighted by Crippen LogP contribution is -2.27. The summed E-state index contributed by atoms with van der Waals surface area (Å²) in [6, 6.07) is 2.24. The molecule has 0 saturated heterocycles. The lowest BCUT2D eigenvalue weighted by Gasteiger charge is -2.17. The Kier molecular flexibility index (Phi) is 16.6. The van der Waals surface area contributed by atoms with E-state index in [0.717, 1.165) is 50.7 Å². The molecule has 0 fully saturated rings. The van der Waals surface area contributed by atoms with Gasteiger partial charge in [0.2, 0.25) is 0 Å². The van der Waals surface area contributed by atoms with Crippen LogP contribution in [0.1, 0.15) is 114 Å². The molecule has 0 atom stereocenters. The first-order valence-corrected chi connectivity index (χ1v) is 17.6. The Bertz CT molecular complexity index is 1380. The van der Waals surface area contributed by atoms with Crippen LogP contribution in [0.2, 0.25) is 30.1 Å². The first-order valence-electron chi connectivity index (χ1n) is 15.4. The standard InChI is InChI=1S/C34H40Cl6O8/c1-33(2,3)13-9-7-11-15-45-29(41)23-25(39)19(35)17-21(37)27(23)47-31(43)32(44)48-28-22(38)18-20(36)26(40)24(28)30(42)46-16-12-8-10-14-34(4,5)6/h17-18H,7-16H2,1-6H3. The van der Waals surface area contributed by atoms with Crippen molar-refractivity contribution in [3.63, 3.8) is 0 Å². The van der Waals surface area contributed by atoms with Gasteiger partial charge in [0, 0.05) is 0 Å². The predicted octanol–water partition coefficient (Wildman–Crippen LogP) is 11.6. The molecule has 0 aliphatic heterocycles. The number of rotatable bonds is 14. The summed E-state index contributed by atoms with van der Waals surface area (Å²) in [5.41, 5.74) is -0.569. The molecule has 0 spiro atoms. The molecule has 0 unspecified atom stereocenters. The zero-order valence-electron chi connectivity index (χ0n) is 27.8. The lowest BCUT2D eigenvalue weighted by molar-refractivity contribution is -0.156. The fourth-order valence-electron chi connectivity index (χ4n) is 4.33. The van der Waals surface area contributed by atoms with Crippen molar-refractivity contribution < 1.29 is 38.1 Å². The van der Waals surface area contributed by atoms with E-state index >= 15 is 0 Å². The molecular formula is C34H40Cl6O8. The molecule has 0 aromatic heterocycles. The van der Waals surface area contributed by atoms with Crippen LogP contribution in [-0.4, -0.2) is 37.1 Å². The largest absolute Gasteiger partial charge is 0.462 e. The molecule has 2 aromatic rings. The maximum Gasteiger partial charge on any atom is 0.423 e. The third kappa shape index (κ3) is 13.4. The number of carbonyl (C=O) groups is 4. The molecule has 266 valence electrons. The molecule has 0 aliphatic rings. The molecule has 48 heavy (non-hydrogen) atoms. The third-order valence-corrected chi connectivity index (χ3v) is 8.96. The molecule has 14 heteroatoms. The van der Waals surface area contributed by atoms with E-state index in [1.807, 2.05) is 0 Å². The van der Waals surface area contributed by atoms with Crippen LogP contribution in [0, 0.1) is 10.8 Å². The normalized spacial score (nSPS) is 11.7. The summed E-state index contributed by atoms with van der Waals surface area (Å²) in [7, 11) is 0. The van der Waals surface area contributed by atoms with Crippen molar-refractivity contribution in [2.75, 3.05) is 13.2 Å². The highest BCUT2D eigenvalue weighted by atomic mass is 35.5. The molecule has 0 saturated carbocycles. The lowest BCUT2D eigenvalue weighted by atomic mass is 9.89. The number of hydrogen-bond donors (Lipinski definition) is 0. The van der Waals surface area contributed by atoms with Crippen LogP contribution >= 0.6 is 69.6 Å². The van der Waals surface area contributed by atoms with E-state index in [4.69, 9.17) is 88.6 Å². The Morgan fingerprint density at radius 1 is 0.521 bits per heavy atom. The summed E-state index contributed by atoms with van der Waals surface area (Å²) in [5, 5.41) is -1.51. The van der Waals surface area contributed by atoms with Gasteiger partial charge in [-0.05, 0) is 48.6 Å². The molecule has 0 N–H and O–H groups in total. The van der Waals surface area contributed by atoms with Gasteiger partial charge in [0.1, 0.15) is 11.1 Å². The van der Waals surface area contributed by atoms with Crippen LogP contribution in [0.5, 0.6) is 11.5 Å². The maximum atomic E-state index is 13.0. The number of carbonyl (C=O) groups excluding carboxylic acids is 4. The zero-order chi connectivity index (χ0) is 36.4. The number of halogens is 6. The topological polar surface area (TPSA) is 105 Å². The Labute approximate surface area is 311 Å². The Morgan fingerprint density at radius 2 is 0.854 bits per heavy atom. The van der Waals surface area contributed by atoms with Crippen LogP contribution in [0.15, 0.2) is 12.1 Å². The van der Waals surface area contributed by atoms with Crippen molar-refractivity contribution in [1.82, 2.24) is 0 Å². The zero-order valence-corrected chi connectivity index (χ0v) is 32.3.